The molecule has 0 bridgehead atoms. The first-order valence-corrected chi connectivity index (χ1v) is 6.25. The molecule has 2 rings (SSSR count). The Bertz CT molecular complexity index is 578. The molecule has 0 heterocycles. The summed E-state index contributed by atoms with van der Waals surface area (Å²) in [6.45, 7) is 0. The Kier molecular flexibility index (Phi) is 3.98. The van der Waals surface area contributed by atoms with Gasteiger partial charge in [0.1, 0.15) is 5.56 Å². The van der Waals surface area contributed by atoms with Crippen molar-refractivity contribution in [1.29, 1.82) is 0 Å². The van der Waals surface area contributed by atoms with E-state index < -0.39 is 22.4 Å². The lowest BCUT2D eigenvalue weighted by molar-refractivity contribution is -0.385. The maximum Gasteiger partial charge on any atom is 0.416 e. The summed E-state index contributed by atoms with van der Waals surface area (Å²) in [5, 5.41) is 10.9. The van der Waals surface area contributed by atoms with Crippen molar-refractivity contribution in [1.82, 2.24) is 0 Å². The van der Waals surface area contributed by atoms with Crippen LogP contribution < -0.4 is 0 Å². The van der Waals surface area contributed by atoms with Crippen LogP contribution in [-0.4, -0.2) is 4.92 Å². The van der Waals surface area contributed by atoms with Gasteiger partial charge in [0, 0.05) is 12.0 Å². The fourth-order valence-corrected chi connectivity index (χ4v) is 2.21. The van der Waals surface area contributed by atoms with Crippen molar-refractivity contribution in [2.24, 2.45) is 5.92 Å². The molecule has 1 fully saturated rings. The lowest BCUT2D eigenvalue weighted by atomic mass is 10.1. The highest BCUT2D eigenvalue weighted by molar-refractivity contribution is 5.53. The Balaban J connectivity index is 2.35. The topological polar surface area (TPSA) is 43.1 Å². The van der Waals surface area contributed by atoms with E-state index in [9.17, 15) is 23.3 Å². The first-order chi connectivity index (χ1) is 9.38. The fraction of sp³-hybridized carbons (Fsp3) is 0.429. The zero-order valence-corrected chi connectivity index (χ0v) is 10.5. The largest absolute Gasteiger partial charge is 0.416 e. The molecule has 1 saturated carbocycles. The molecule has 0 N–H and O–H groups in total. The lowest BCUT2D eigenvalue weighted by Gasteiger charge is -2.06. The van der Waals surface area contributed by atoms with E-state index in [0.29, 0.717) is 6.07 Å². The summed E-state index contributed by atoms with van der Waals surface area (Å²) in [5.41, 5.74) is -1.59. The van der Waals surface area contributed by atoms with Gasteiger partial charge in [-0.25, -0.2) is 0 Å². The molecule has 1 aliphatic rings. The zero-order valence-electron chi connectivity index (χ0n) is 10.5. The highest BCUT2D eigenvalue weighted by Gasteiger charge is 2.32. The number of nitro groups is 1. The smallest absolute Gasteiger partial charge is 0.258 e. The number of nitrogens with zero attached hydrogens (tertiary/aromatic N) is 1. The standard InChI is InChI=1S/C14H12F3NO2/c15-14(16,17)12-8-7-11(13(9-12)18(19)20)6-5-10-3-1-2-4-10/h7-10H,1-4H2. The van der Waals surface area contributed by atoms with Crippen molar-refractivity contribution in [3.8, 4) is 11.8 Å². The van der Waals surface area contributed by atoms with Crippen LogP contribution in [0.1, 0.15) is 36.8 Å². The summed E-state index contributed by atoms with van der Waals surface area (Å²) in [4.78, 5) is 10.0. The number of rotatable bonds is 1. The van der Waals surface area contributed by atoms with Gasteiger partial charge in [-0.15, -0.1) is 0 Å². The third-order valence-corrected chi connectivity index (χ3v) is 3.29. The van der Waals surface area contributed by atoms with E-state index in [0.717, 1.165) is 37.8 Å². The van der Waals surface area contributed by atoms with Crippen LogP contribution in [0.5, 0.6) is 0 Å². The van der Waals surface area contributed by atoms with Gasteiger partial charge in [-0.2, -0.15) is 13.2 Å². The summed E-state index contributed by atoms with van der Waals surface area (Å²) in [6.07, 6.45) is -0.548. The quantitative estimate of drug-likeness (QED) is 0.441. The van der Waals surface area contributed by atoms with E-state index >= 15 is 0 Å². The highest BCUT2D eigenvalue weighted by Crippen LogP contribution is 2.33. The molecular formula is C14H12F3NO2. The average Bonchev–Trinajstić information content (AvgIpc) is 2.88. The molecule has 0 radical (unpaired) electrons. The van der Waals surface area contributed by atoms with Crippen LogP contribution in [0.4, 0.5) is 18.9 Å². The Morgan fingerprint density at radius 3 is 2.45 bits per heavy atom. The minimum absolute atomic E-state index is 0.0369. The van der Waals surface area contributed by atoms with Crippen LogP contribution in [-0.2, 0) is 6.18 Å². The molecule has 6 heteroatoms. The zero-order chi connectivity index (χ0) is 14.8. The van der Waals surface area contributed by atoms with Crippen molar-refractivity contribution in [2.45, 2.75) is 31.9 Å². The summed E-state index contributed by atoms with van der Waals surface area (Å²) in [5.74, 6) is 5.76. The number of hydrogen-bond donors (Lipinski definition) is 0. The van der Waals surface area contributed by atoms with Gasteiger partial charge in [0.2, 0.25) is 0 Å². The van der Waals surface area contributed by atoms with Crippen LogP contribution in [0.25, 0.3) is 0 Å². The fourth-order valence-electron chi connectivity index (χ4n) is 2.21. The maximum absolute atomic E-state index is 12.5. The molecule has 3 nitrogen and oxygen atoms in total. The number of alkyl halides is 3. The molecule has 106 valence electrons. The van der Waals surface area contributed by atoms with Crippen molar-refractivity contribution < 1.29 is 18.1 Å². The third kappa shape index (κ3) is 3.29. The van der Waals surface area contributed by atoms with Gasteiger partial charge in [0.15, 0.2) is 0 Å². The molecule has 1 aromatic carbocycles. The van der Waals surface area contributed by atoms with E-state index in [-0.39, 0.29) is 11.5 Å². The van der Waals surface area contributed by atoms with Gasteiger partial charge in [0.25, 0.3) is 5.69 Å². The van der Waals surface area contributed by atoms with E-state index in [2.05, 4.69) is 11.8 Å². The molecule has 1 aliphatic carbocycles. The second-order valence-electron chi connectivity index (χ2n) is 4.74. The molecule has 0 aromatic heterocycles. The molecule has 1 aromatic rings. The van der Waals surface area contributed by atoms with Gasteiger partial charge < -0.3 is 0 Å². The van der Waals surface area contributed by atoms with Crippen LogP contribution in [0, 0.1) is 27.9 Å². The average molecular weight is 283 g/mol. The normalized spacial score (nSPS) is 15.8. The molecule has 20 heavy (non-hydrogen) atoms. The van der Waals surface area contributed by atoms with Gasteiger partial charge in [-0.3, -0.25) is 10.1 Å². The first kappa shape index (κ1) is 14.4. The summed E-state index contributed by atoms with van der Waals surface area (Å²) in [7, 11) is 0. The molecule has 0 atom stereocenters. The van der Waals surface area contributed by atoms with Crippen LogP contribution in [0.15, 0.2) is 18.2 Å². The number of halogens is 3. The number of hydrogen-bond acceptors (Lipinski definition) is 2. The first-order valence-electron chi connectivity index (χ1n) is 6.25. The van der Waals surface area contributed by atoms with Gasteiger partial charge in [-0.1, -0.05) is 24.7 Å². The lowest BCUT2D eigenvalue weighted by Crippen LogP contribution is -2.06. The minimum Gasteiger partial charge on any atom is -0.258 e. The van der Waals surface area contributed by atoms with Crippen molar-refractivity contribution >= 4 is 5.69 Å². The van der Waals surface area contributed by atoms with Gasteiger partial charge >= 0.3 is 6.18 Å². The predicted octanol–water partition coefficient (Wildman–Crippen LogP) is 4.16. The number of benzene rings is 1. The van der Waals surface area contributed by atoms with E-state index in [1.54, 1.807) is 0 Å². The maximum atomic E-state index is 12.5. The monoisotopic (exact) mass is 283 g/mol. The Morgan fingerprint density at radius 2 is 1.90 bits per heavy atom. The molecule has 0 aliphatic heterocycles. The molecule has 0 saturated heterocycles. The van der Waals surface area contributed by atoms with E-state index in [1.165, 1.54) is 0 Å². The number of nitro benzene ring substituents is 1. The van der Waals surface area contributed by atoms with Gasteiger partial charge in [0.05, 0.1) is 10.5 Å². The van der Waals surface area contributed by atoms with Crippen molar-refractivity contribution in [3.63, 3.8) is 0 Å². The summed E-state index contributed by atoms with van der Waals surface area (Å²) < 4.78 is 37.6. The van der Waals surface area contributed by atoms with E-state index in [1.807, 2.05) is 0 Å². The Labute approximate surface area is 113 Å². The third-order valence-electron chi connectivity index (χ3n) is 3.29. The Hall–Kier alpha value is -2.03. The molecule has 0 unspecified atom stereocenters. The van der Waals surface area contributed by atoms with Gasteiger partial charge in [-0.05, 0) is 25.0 Å². The SMILES string of the molecule is O=[N+]([O-])c1cc(C(F)(F)F)ccc1C#CC1CCCC1. The minimum atomic E-state index is -4.60. The predicted molar refractivity (Wildman–Crippen MR) is 66.9 cm³/mol. The van der Waals surface area contributed by atoms with Crippen LogP contribution >= 0.6 is 0 Å². The molecule has 0 spiro atoms. The summed E-state index contributed by atoms with van der Waals surface area (Å²) >= 11 is 0. The molecular weight excluding hydrogens is 271 g/mol. The van der Waals surface area contributed by atoms with Crippen LogP contribution in [0.2, 0.25) is 0 Å². The van der Waals surface area contributed by atoms with E-state index in [4.69, 9.17) is 0 Å². The highest BCUT2D eigenvalue weighted by atomic mass is 19.4. The van der Waals surface area contributed by atoms with Crippen molar-refractivity contribution in [3.05, 3.63) is 39.4 Å². The van der Waals surface area contributed by atoms with Crippen LogP contribution in [0.3, 0.4) is 0 Å². The second-order valence-corrected chi connectivity index (χ2v) is 4.74. The second kappa shape index (κ2) is 5.53. The summed E-state index contributed by atoms with van der Waals surface area (Å²) in [6, 6.07) is 2.44. The Morgan fingerprint density at radius 1 is 1.25 bits per heavy atom. The molecule has 0 amide bonds. The van der Waals surface area contributed by atoms with Crippen molar-refractivity contribution in [2.75, 3.05) is 0 Å².